The van der Waals surface area contributed by atoms with Crippen molar-refractivity contribution in [1.82, 2.24) is 0 Å². The number of thioether (sulfide) groups is 2. The molecule has 0 saturated heterocycles. The summed E-state index contributed by atoms with van der Waals surface area (Å²) in [7, 11) is 0. The van der Waals surface area contributed by atoms with Crippen LogP contribution in [0, 0.1) is 0 Å². The third-order valence-electron chi connectivity index (χ3n) is 6.79. The maximum Gasteiger partial charge on any atom is -0.0184 e. The van der Waals surface area contributed by atoms with Crippen LogP contribution in [0.4, 0.5) is 0 Å². The third kappa shape index (κ3) is 8.71. The fourth-order valence-electron chi connectivity index (χ4n) is 4.68. The normalized spacial score (nSPS) is 17.6. The van der Waals surface area contributed by atoms with Crippen molar-refractivity contribution in [3.05, 3.63) is 92.4 Å². The van der Waals surface area contributed by atoms with Crippen LogP contribution >= 0.6 is 23.5 Å². The lowest BCUT2D eigenvalue weighted by atomic mass is 10.0. The average Bonchev–Trinajstić information content (AvgIpc) is 3.31. The van der Waals surface area contributed by atoms with E-state index in [4.69, 9.17) is 0 Å². The molecule has 0 atom stereocenters. The zero-order chi connectivity index (χ0) is 23.3. The first-order chi connectivity index (χ1) is 16.9. The Bertz CT molecular complexity index is 887. The van der Waals surface area contributed by atoms with E-state index in [1.165, 1.54) is 99.3 Å². The third-order valence-corrected chi connectivity index (χ3v) is 8.32. The molecule has 4 rings (SSSR count). The number of rotatable bonds is 7. The largest absolute Gasteiger partial charge is 0.106 e. The van der Waals surface area contributed by atoms with E-state index in [1.54, 1.807) is 11.1 Å². The summed E-state index contributed by atoms with van der Waals surface area (Å²) in [6.07, 6.45) is 20.7. The maximum absolute atomic E-state index is 2.37. The Morgan fingerprint density at radius 3 is 1.15 bits per heavy atom. The quantitative estimate of drug-likeness (QED) is 0.357. The van der Waals surface area contributed by atoms with E-state index < -0.39 is 0 Å². The van der Waals surface area contributed by atoms with E-state index in [0.29, 0.717) is 0 Å². The molecular weight excluding hydrogens is 448 g/mol. The molecule has 0 heterocycles. The summed E-state index contributed by atoms with van der Waals surface area (Å²) in [5.74, 6) is 0. The number of hydrogen-bond acceptors (Lipinski definition) is 2. The molecular formula is C32H38S2. The summed E-state index contributed by atoms with van der Waals surface area (Å²) in [5.41, 5.74) is 8.33. The molecule has 0 spiro atoms. The zero-order valence-corrected chi connectivity index (χ0v) is 22.0. The first-order valence-corrected chi connectivity index (χ1v) is 15.0. The van der Waals surface area contributed by atoms with E-state index in [1.807, 2.05) is 23.5 Å². The molecule has 0 nitrogen and oxygen atoms in total. The second-order valence-electron chi connectivity index (χ2n) is 9.50. The van der Waals surface area contributed by atoms with Crippen molar-refractivity contribution in [2.75, 3.05) is 0 Å². The summed E-state index contributed by atoms with van der Waals surface area (Å²) in [4.78, 5) is 0. The molecule has 0 bridgehead atoms. The Kier molecular flexibility index (Phi) is 10.7. The Balaban J connectivity index is 1.26. The van der Waals surface area contributed by atoms with Gasteiger partial charge in [0.05, 0.1) is 0 Å². The summed E-state index contributed by atoms with van der Waals surface area (Å²) in [5, 5.41) is 9.19. The maximum atomic E-state index is 2.37. The van der Waals surface area contributed by atoms with E-state index in [2.05, 4.69) is 82.3 Å². The highest BCUT2D eigenvalue weighted by atomic mass is 32.2. The highest BCUT2D eigenvalue weighted by Gasteiger charge is 2.04. The molecule has 0 radical (unpaired) electrons. The predicted octanol–water partition coefficient (Wildman–Crippen LogP) is 11.2. The van der Waals surface area contributed by atoms with Gasteiger partial charge in [-0.15, -0.1) is 23.5 Å². The number of benzene rings is 2. The Morgan fingerprint density at radius 2 is 0.794 bits per heavy atom. The minimum absolute atomic E-state index is 1.26. The molecule has 2 heteroatoms. The molecule has 2 aromatic carbocycles. The molecule has 0 unspecified atom stereocenters. The van der Waals surface area contributed by atoms with Crippen molar-refractivity contribution in [1.29, 1.82) is 0 Å². The van der Waals surface area contributed by atoms with Crippen LogP contribution in [0.25, 0.3) is 23.3 Å². The summed E-state index contributed by atoms with van der Waals surface area (Å²) >= 11 is 3.66. The van der Waals surface area contributed by atoms with E-state index >= 15 is 0 Å². The van der Waals surface area contributed by atoms with Gasteiger partial charge in [-0.2, -0.15) is 0 Å². The molecule has 2 aromatic rings. The molecule has 2 aliphatic rings. The molecule has 178 valence electrons. The molecule has 2 aliphatic carbocycles. The molecule has 0 aromatic heterocycles. The minimum Gasteiger partial charge on any atom is -0.106 e. The highest BCUT2D eigenvalue weighted by Crippen LogP contribution is 2.27. The SMILES string of the molecule is C(S/C=C/c1ccc(-c2ccc(/C=C/SC=C3CCCCCC3)cc2)cc1)=C1CCCCCC1. The Hall–Kier alpha value is -1.90. The lowest BCUT2D eigenvalue weighted by Gasteiger charge is -2.04. The van der Waals surface area contributed by atoms with Crippen LogP contribution in [-0.2, 0) is 0 Å². The van der Waals surface area contributed by atoms with Gasteiger partial charge in [-0.25, -0.2) is 0 Å². The summed E-state index contributed by atoms with van der Waals surface area (Å²) in [6.45, 7) is 0. The fourth-order valence-corrected chi connectivity index (χ4v) is 6.17. The van der Waals surface area contributed by atoms with Gasteiger partial charge in [-0.3, -0.25) is 0 Å². The standard InChI is InChI=1S/C32H38S2/c1-2-6-10-29(9-5-1)25-33-23-21-27-13-17-31(18-14-27)32-19-15-28(16-20-32)22-24-34-26-30-11-7-3-4-8-12-30/h13-26H,1-12H2/b23-21+,24-22+. The zero-order valence-electron chi connectivity index (χ0n) is 20.4. The highest BCUT2D eigenvalue weighted by molar-refractivity contribution is 8.05. The van der Waals surface area contributed by atoms with Gasteiger partial charge in [0.15, 0.2) is 0 Å². The van der Waals surface area contributed by atoms with Crippen LogP contribution in [0.5, 0.6) is 0 Å². The van der Waals surface area contributed by atoms with Gasteiger partial charge >= 0.3 is 0 Å². The summed E-state index contributed by atoms with van der Waals surface area (Å²) in [6, 6.07) is 17.8. The number of allylic oxidation sites excluding steroid dienone is 2. The molecule has 2 fully saturated rings. The van der Waals surface area contributed by atoms with E-state index in [9.17, 15) is 0 Å². The van der Waals surface area contributed by atoms with E-state index in [0.717, 1.165) is 0 Å². The van der Waals surface area contributed by atoms with Crippen LogP contribution < -0.4 is 0 Å². The van der Waals surface area contributed by atoms with Crippen LogP contribution in [0.3, 0.4) is 0 Å². The van der Waals surface area contributed by atoms with Crippen molar-refractivity contribution >= 4 is 35.7 Å². The van der Waals surface area contributed by atoms with Gasteiger partial charge in [0.25, 0.3) is 0 Å². The lowest BCUT2D eigenvalue weighted by Crippen LogP contribution is -1.80. The average molecular weight is 487 g/mol. The smallest absolute Gasteiger partial charge is 0.0184 e. The molecule has 2 saturated carbocycles. The van der Waals surface area contributed by atoms with Crippen LogP contribution in [0.2, 0.25) is 0 Å². The van der Waals surface area contributed by atoms with Gasteiger partial charge < -0.3 is 0 Å². The minimum atomic E-state index is 1.26. The van der Waals surface area contributed by atoms with Crippen molar-refractivity contribution in [3.8, 4) is 11.1 Å². The monoisotopic (exact) mass is 486 g/mol. The van der Waals surface area contributed by atoms with E-state index in [-0.39, 0.29) is 0 Å². The van der Waals surface area contributed by atoms with Gasteiger partial charge in [-0.1, -0.05) is 85.4 Å². The molecule has 34 heavy (non-hydrogen) atoms. The fraction of sp³-hybridized carbons (Fsp3) is 0.375. The van der Waals surface area contributed by atoms with Gasteiger partial charge in [0.1, 0.15) is 0 Å². The van der Waals surface area contributed by atoms with Crippen LogP contribution in [0.1, 0.15) is 88.2 Å². The van der Waals surface area contributed by atoms with Gasteiger partial charge in [0.2, 0.25) is 0 Å². The first-order valence-electron chi connectivity index (χ1n) is 13.1. The molecule has 0 amide bonds. The van der Waals surface area contributed by atoms with Crippen molar-refractivity contribution in [2.45, 2.75) is 77.0 Å². The van der Waals surface area contributed by atoms with Gasteiger partial charge in [0, 0.05) is 0 Å². The topological polar surface area (TPSA) is 0 Å². The summed E-state index contributed by atoms with van der Waals surface area (Å²) < 4.78 is 0. The van der Waals surface area contributed by atoms with Crippen molar-refractivity contribution in [2.24, 2.45) is 0 Å². The Morgan fingerprint density at radius 1 is 0.441 bits per heavy atom. The number of hydrogen-bond donors (Lipinski definition) is 0. The van der Waals surface area contributed by atoms with Gasteiger partial charge in [-0.05, 0) is 107 Å². The van der Waals surface area contributed by atoms with Crippen molar-refractivity contribution in [3.63, 3.8) is 0 Å². The van der Waals surface area contributed by atoms with Crippen molar-refractivity contribution < 1.29 is 0 Å². The second-order valence-corrected chi connectivity index (χ2v) is 11.1. The predicted molar refractivity (Wildman–Crippen MR) is 157 cm³/mol. The second kappa shape index (κ2) is 14.5. The lowest BCUT2D eigenvalue weighted by molar-refractivity contribution is 0.702. The van der Waals surface area contributed by atoms with Crippen LogP contribution in [-0.4, -0.2) is 0 Å². The molecule has 0 aliphatic heterocycles. The van der Waals surface area contributed by atoms with Crippen LogP contribution in [0.15, 0.2) is 81.3 Å². The Labute approximate surface area is 215 Å². The first kappa shape index (κ1) is 25.2. The molecule has 0 N–H and O–H groups in total.